The van der Waals surface area contributed by atoms with Crippen molar-refractivity contribution in [3.05, 3.63) is 51.9 Å². The van der Waals surface area contributed by atoms with E-state index in [1.165, 1.54) is 18.4 Å². The molecular formula is C23H28N4O2. The maximum atomic E-state index is 12.2. The van der Waals surface area contributed by atoms with Crippen LogP contribution in [0.15, 0.2) is 35.1 Å². The van der Waals surface area contributed by atoms with E-state index >= 15 is 0 Å². The van der Waals surface area contributed by atoms with Gasteiger partial charge in [0.25, 0.3) is 5.56 Å². The summed E-state index contributed by atoms with van der Waals surface area (Å²) in [7, 11) is 0. The van der Waals surface area contributed by atoms with E-state index in [0.29, 0.717) is 5.92 Å². The van der Waals surface area contributed by atoms with Gasteiger partial charge in [-0.3, -0.25) is 14.7 Å². The van der Waals surface area contributed by atoms with Crippen LogP contribution in [0.25, 0.3) is 0 Å². The molecule has 29 heavy (non-hydrogen) atoms. The second-order valence-corrected chi connectivity index (χ2v) is 7.88. The lowest BCUT2D eigenvalue weighted by molar-refractivity contribution is 0.203. The first-order valence-corrected chi connectivity index (χ1v) is 10.4. The maximum absolute atomic E-state index is 12.2. The van der Waals surface area contributed by atoms with Gasteiger partial charge in [0, 0.05) is 31.6 Å². The molecule has 2 aliphatic heterocycles. The molecule has 4 rings (SSSR count). The number of H-pyrrole nitrogens is 1. The van der Waals surface area contributed by atoms with Crippen molar-refractivity contribution < 1.29 is 4.74 Å². The molecule has 152 valence electrons. The second-order valence-electron chi connectivity index (χ2n) is 7.88. The molecule has 1 aromatic heterocycles. The highest BCUT2D eigenvalue weighted by molar-refractivity contribution is 5.32. The van der Waals surface area contributed by atoms with Crippen LogP contribution in [0.2, 0.25) is 0 Å². The molecule has 1 N–H and O–H groups in total. The number of nitrogens with one attached hydrogen (secondary N) is 1. The van der Waals surface area contributed by atoms with E-state index in [9.17, 15) is 4.79 Å². The van der Waals surface area contributed by atoms with Crippen molar-refractivity contribution in [2.45, 2.75) is 38.1 Å². The van der Waals surface area contributed by atoms with Gasteiger partial charge in [-0.05, 0) is 56.5 Å². The Labute approximate surface area is 171 Å². The average molecular weight is 393 g/mol. The molecule has 0 aliphatic carbocycles. The summed E-state index contributed by atoms with van der Waals surface area (Å²) in [6, 6.07) is 9.81. The fourth-order valence-electron chi connectivity index (χ4n) is 4.25. The van der Waals surface area contributed by atoms with Gasteiger partial charge in [0.2, 0.25) is 5.95 Å². The molecule has 0 saturated carbocycles. The maximum Gasteiger partial charge on any atom is 0.252 e. The number of terminal acetylenes is 1. The number of benzene rings is 1. The first-order chi connectivity index (χ1) is 14.2. The van der Waals surface area contributed by atoms with E-state index in [0.717, 1.165) is 63.0 Å². The molecule has 0 unspecified atom stereocenters. The third kappa shape index (κ3) is 4.99. The number of piperidine rings is 1. The number of aromatic nitrogens is 2. The first kappa shape index (κ1) is 19.5. The highest BCUT2D eigenvalue weighted by Gasteiger charge is 2.24. The number of anilines is 1. The fourth-order valence-corrected chi connectivity index (χ4v) is 4.25. The van der Waals surface area contributed by atoms with Crippen LogP contribution < -0.4 is 15.2 Å². The summed E-state index contributed by atoms with van der Waals surface area (Å²) in [5, 5.41) is 0. The number of hydrogen-bond acceptors (Lipinski definition) is 5. The molecule has 1 aromatic carbocycles. The third-order valence-electron chi connectivity index (χ3n) is 5.79. The number of rotatable bonds is 6. The summed E-state index contributed by atoms with van der Waals surface area (Å²) in [4.78, 5) is 24.5. The number of likely N-dealkylation sites (tertiary alicyclic amines) is 1. The van der Waals surface area contributed by atoms with Gasteiger partial charge >= 0.3 is 0 Å². The minimum atomic E-state index is -0.0388. The van der Waals surface area contributed by atoms with Gasteiger partial charge in [-0.2, -0.15) is 0 Å². The van der Waals surface area contributed by atoms with Crippen LogP contribution in [-0.2, 0) is 6.54 Å². The van der Waals surface area contributed by atoms with Gasteiger partial charge in [-0.15, -0.1) is 6.42 Å². The normalized spacial score (nSPS) is 18.0. The SMILES string of the molecule is C#CCOc1cccc(CN2CCC(c3cc(=O)[nH]c(N4CCCC4)n3)CC2)c1. The average Bonchev–Trinajstić information content (AvgIpc) is 3.28. The van der Waals surface area contributed by atoms with Crippen LogP contribution in [0.4, 0.5) is 5.95 Å². The van der Waals surface area contributed by atoms with Crippen LogP contribution in [0.5, 0.6) is 5.75 Å². The Morgan fingerprint density at radius 3 is 2.72 bits per heavy atom. The lowest BCUT2D eigenvalue weighted by atomic mass is 9.93. The molecular weight excluding hydrogens is 364 g/mol. The van der Waals surface area contributed by atoms with Crippen LogP contribution >= 0.6 is 0 Å². The summed E-state index contributed by atoms with van der Waals surface area (Å²) < 4.78 is 5.53. The predicted octanol–water partition coefficient (Wildman–Crippen LogP) is 2.76. The molecule has 3 heterocycles. The van der Waals surface area contributed by atoms with Crippen LogP contribution in [-0.4, -0.2) is 47.7 Å². The van der Waals surface area contributed by atoms with E-state index in [2.05, 4.69) is 32.8 Å². The van der Waals surface area contributed by atoms with Gasteiger partial charge in [0.1, 0.15) is 12.4 Å². The summed E-state index contributed by atoms with van der Waals surface area (Å²) in [5.74, 6) is 4.41. The van der Waals surface area contributed by atoms with E-state index in [4.69, 9.17) is 16.1 Å². The quantitative estimate of drug-likeness (QED) is 0.766. The highest BCUT2D eigenvalue weighted by Crippen LogP contribution is 2.28. The molecule has 2 aromatic rings. The summed E-state index contributed by atoms with van der Waals surface area (Å²) in [6.07, 6.45) is 9.64. The standard InChI is InChI=1S/C23H28N4O2/c1-2-14-29-20-7-5-6-18(15-20)17-26-12-8-19(9-13-26)21-16-22(28)25-23(24-21)27-10-3-4-11-27/h1,5-7,15-16,19H,3-4,8-14,17H2,(H,24,25,28). The number of hydrogen-bond donors (Lipinski definition) is 1. The van der Waals surface area contributed by atoms with Crippen molar-refractivity contribution in [1.82, 2.24) is 14.9 Å². The molecule has 0 radical (unpaired) electrons. The van der Waals surface area contributed by atoms with Crippen molar-refractivity contribution >= 4 is 5.95 Å². The Bertz CT molecular complexity index is 919. The first-order valence-electron chi connectivity index (χ1n) is 10.4. The van der Waals surface area contributed by atoms with Crippen LogP contribution in [0.1, 0.15) is 42.9 Å². The molecule has 2 aliphatic rings. The summed E-state index contributed by atoms with van der Waals surface area (Å²) >= 11 is 0. The molecule has 0 spiro atoms. The lowest BCUT2D eigenvalue weighted by Crippen LogP contribution is -2.33. The second kappa shape index (κ2) is 9.15. The Morgan fingerprint density at radius 2 is 1.97 bits per heavy atom. The Kier molecular flexibility index (Phi) is 6.16. The topological polar surface area (TPSA) is 61.5 Å². The Hall–Kier alpha value is -2.78. The minimum absolute atomic E-state index is 0.0388. The van der Waals surface area contributed by atoms with Gasteiger partial charge in [0.15, 0.2) is 0 Å². The lowest BCUT2D eigenvalue weighted by Gasteiger charge is -2.32. The zero-order valence-corrected chi connectivity index (χ0v) is 16.8. The molecule has 2 saturated heterocycles. The van der Waals surface area contributed by atoms with E-state index < -0.39 is 0 Å². The molecule has 6 heteroatoms. The monoisotopic (exact) mass is 392 g/mol. The summed E-state index contributed by atoms with van der Waals surface area (Å²) in [6.45, 7) is 5.13. The minimum Gasteiger partial charge on any atom is -0.481 e. The van der Waals surface area contributed by atoms with Crippen LogP contribution in [0, 0.1) is 12.3 Å². The van der Waals surface area contributed by atoms with E-state index in [1.807, 2.05) is 12.1 Å². The largest absolute Gasteiger partial charge is 0.481 e. The number of ether oxygens (including phenoxy) is 1. The van der Waals surface area contributed by atoms with Gasteiger partial charge < -0.3 is 9.64 Å². The van der Waals surface area contributed by atoms with Crippen molar-refractivity contribution in [3.8, 4) is 18.1 Å². The molecule has 2 fully saturated rings. The smallest absolute Gasteiger partial charge is 0.252 e. The summed E-state index contributed by atoms with van der Waals surface area (Å²) in [5.41, 5.74) is 2.13. The van der Waals surface area contributed by atoms with Crippen LogP contribution in [0.3, 0.4) is 0 Å². The predicted molar refractivity (Wildman–Crippen MR) is 114 cm³/mol. The highest BCUT2D eigenvalue weighted by atomic mass is 16.5. The fraction of sp³-hybridized carbons (Fsp3) is 0.478. The molecule has 6 nitrogen and oxygen atoms in total. The van der Waals surface area contributed by atoms with E-state index in [-0.39, 0.29) is 12.2 Å². The van der Waals surface area contributed by atoms with Crippen molar-refractivity contribution in [2.75, 3.05) is 37.7 Å². The Balaban J connectivity index is 1.36. The van der Waals surface area contributed by atoms with Gasteiger partial charge in [0.05, 0.1) is 5.69 Å². The zero-order valence-electron chi connectivity index (χ0n) is 16.8. The Morgan fingerprint density at radius 1 is 1.17 bits per heavy atom. The van der Waals surface area contributed by atoms with Gasteiger partial charge in [-0.1, -0.05) is 18.1 Å². The van der Waals surface area contributed by atoms with Crippen molar-refractivity contribution in [1.29, 1.82) is 0 Å². The molecule has 0 amide bonds. The molecule has 0 atom stereocenters. The zero-order chi connectivity index (χ0) is 20.1. The third-order valence-corrected chi connectivity index (χ3v) is 5.79. The van der Waals surface area contributed by atoms with Crippen molar-refractivity contribution in [3.63, 3.8) is 0 Å². The number of nitrogens with zero attached hydrogens (tertiary/aromatic N) is 3. The van der Waals surface area contributed by atoms with E-state index in [1.54, 1.807) is 6.07 Å². The van der Waals surface area contributed by atoms with Gasteiger partial charge in [-0.25, -0.2) is 4.98 Å². The van der Waals surface area contributed by atoms with Crippen molar-refractivity contribution in [2.24, 2.45) is 0 Å². The molecule has 0 bridgehead atoms. The number of aromatic amines is 1.